The topological polar surface area (TPSA) is 90.9 Å². The first-order chi connectivity index (χ1) is 12.6. The van der Waals surface area contributed by atoms with Crippen LogP contribution in [-0.2, 0) is 11.2 Å². The van der Waals surface area contributed by atoms with Crippen LogP contribution in [0.3, 0.4) is 0 Å². The highest BCUT2D eigenvalue weighted by Crippen LogP contribution is 2.41. The third-order valence-electron chi connectivity index (χ3n) is 4.45. The van der Waals surface area contributed by atoms with Crippen LogP contribution in [0.5, 0.6) is 0 Å². The van der Waals surface area contributed by atoms with Crippen molar-refractivity contribution >= 4 is 44.2 Å². The van der Waals surface area contributed by atoms with Crippen molar-refractivity contribution in [3.8, 4) is 11.1 Å². The van der Waals surface area contributed by atoms with Crippen LogP contribution < -0.4 is 5.32 Å². The highest BCUT2D eigenvalue weighted by atomic mass is 32.1. The van der Waals surface area contributed by atoms with Crippen LogP contribution in [0.4, 0.5) is 5.82 Å². The minimum atomic E-state index is -0.919. The zero-order valence-corrected chi connectivity index (χ0v) is 15.2. The molecule has 0 spiro atoms. The van der Waals surface area contributed by atoms with Crippen molar-refractivity contribution in [1.82, 2.24) is 15.0 Å². The maximum Gasteiger partial charge on any atom is 0.325 e. The van der Waals surface area contributed by atoms with Gasteiger partial charge in [0.15, 0.2) is 0 Å². The SMILES string of the molecule is CCc1sc2ncnc(N[C@H](C)C(=O)O)c2c1-c1ccc2[nH]ccc2c1. The Morgan fingerprint density at radius 2 is 2.19 bits per heavy atom. The lowest BCUT2D eigenvalue weighted by Crippen LogP contribution is -2.26. The fraction of sp³-hybridized carbons (Fsp3) is 0.211. The van der Waals surface area contributed by atoms with Gasteiger partial charge in [-0.05, 0) is 42.5 Å². The Balaban J connectivity index is 1.95. The van der Waals surface area contributed by atoms with Crippen LogP contribution >= 0.6 is 11.3 Å². The zero-order chi connectivity index (χ0) is 18.3. The van der Waals surface area contributed by atoms with Crippen LogP contribution in [0.15, 0.2) is 36.8 Å². The van der Waals surface area contributed by atoms with Gasteiger partial charge in [-0.15, -0.1) is 11.3 Å². The summed E-state index contributed by atoms with van der Waals surface area (Å²) in [6.45, 7) is 3.72. The van der Waals surface area contributed by atoms with Crippen LogP contribution in [0, 0.1) is 0 Å². The van der Waals surface area contributed by atoms with Gasteiger partial charge in [-0.25, -0.2) is 9.97 Å². The van der Waals surface area contributed by atoms with Crippen molar-refractivity contribution < 1.29 is 9.90 Å². The highest BCUT2D eigenvalue weighted by molar-refractivity contribution is 7.19. The van der Waals surface area contributed by atoms with Crippen LogP contribution in [0.1, 0.15) is 18.7 Å². The van der Waals surface area contributed by atoms with Crippen LogP contribution in [0.2, 0.25) is 0 Å². The Bertz CT molecular complexity index is 1120. The monoisotopic (exact) mass is 366 g/mol. The lowest BCUT2D eigenvalue weighted by Gasteiger charge is -2.12. The molecular weight excluding hydrogens is 348 g/mol. The van der Waals surface area contributed by atoms with E-state index in [1.807, 2.05) is 12.3 Å². The Morgan fingerprint density at radius 1 is 1.35 bits per heavy atom. The van der Waals surface area contributed by atoms with Crippen molar-refractivity contribution in [2.24, 2.45) is 0 Å². The quantitative estimate of drug-likeness (QED) is 0.490. The van der Waals surface area contributed by atoms with Gasteiger partial charge in [-0.1, -0.05) is 13.0 Å². The molecule has 6 nitrogen and oxygen atoms in total. The molecule has 3 N–H and O–H groups in total. The van der Waals surface area contributed by atoms with E-state index < -0.39 is 12.0 Å². The van der Waals surface area contributed by atoms with Crippen molar-refractivity contribution in [2.75, 3.05) is 5.32 Å². The van der Waals surface area contributed by atoms with E-state index in [2.05, 4.69) is 45.4 Å². The summed E-state index contributed by atoms with van der Waals surface area (Å²) in [7, 11) is 0. The van der Waals surface area contributed by atoms with E-state index in [-0.39, 0.29) is 0 Å². The smallest absolute Gasteiger partial charge is 0.325 e. The average molecular weight is 366 g/mol. The van der Waals surface area contributed by atoms with Gasteiger partial charge >= 0.3 is 5.97 Å². The second-order valence-corrected chi connectivity index (χ2v) is 7.22. The molecule has 3 aromatic heterocycles. The second-order valence-electron chi connectivity index (χ2n) is 6.14. The first kappa shape index (κ1) is 16.5. The van der Waals surface area contributed by atoms with E-state index in [0.29, 0.717) is 5.82 Å². The molecule has 0 unspecified atom stereocenters. The Labute approximate surface area is 153 Å². The van der Waals surface area contributed by atoms with E-state index in [4.69, 9.17) is 0 Å². The number of hydrogen-bond acceptors (Lipinski definition) is 5. The number of nitrogens with zero attached hydrogens (tertiary/aromatic N) is 2. The number of carboxylic acid groups (broad SMARTS) is 1. The summed E-state index contributed by atoms with van der Waals surface area (Å²) in [5.74, 6) is -0.358. The number of benzene rings is 1. The number of anilines is 1. The zero-order valence-electron chi connectivity index (χ0n) is 14.4. The molecule has 0 aliphatic heterocycles. The molecule has 0 saturated carbocycles. The first-order valence-corrected chi connectivity index (χ1v) is 9.23. The van der Waals surface area contributed by atoms with Gasteiger partial charge in [-0.3, -0.25) is 4.79 Å². The molecule has 26 heavy (non-hydrogen) atoms. The second kappa shape index (κ2) is 6.42. The molecule has 132 valence electrons. The van der Waals surface area contributed by atoms with Crippen LogP contribution in [-0.4, -0.2) is 32.1 Å². The van der Waals surface area contributed by atoms with E-state index in [1.54, 1.807) is 18.3 Å². The van der Waals surface area contributed by atoms with E-state index in [0.717, 1.165) is 38.7 Å². The number of aromatic amines is 1. The van der Waals surface area contributed by atoms with Gasteiger partial charge in [0.25, 0.3) is 0 Å². The number of aryl methyl sites for hydroxylation is 1. The Kier molecular flexibility index (Phi) is 4.08. The molecule has 4 aromatic rings. The largest absolute Gasteiger partial charge is 0.480 e. The molecule has 0 aliphatic rings. The van der Waals surface area contributed by atoms with Gasteiger partial charge in [0.05, 0.1) is 5.39 Å². The number of H-pyrrole nitrogens is 1. The molecule has 0 aliphatic carbocycles. The number of fused-ring (bicyclic) bond motifs is 2. The van der Waals surface area contributed by atoms with Crippen LogP contribution in [0.25, 0.3) is 32.2 Å². The minimum Gasteiger partial charge on any atom is -0.480 e. The number of carbonyl (C=O) groups is 1. The molecule has 0 bridgehead atoms. The number of hydrogen-bond donors (Lipinski definition) is 3. The molecule has 0 amide bonds. The van der Waals surface area contributed by atoms with Gasteiger partial charge in [0.2, 0.25) is 0 Å². The summed E-state index contributed by atoms with van der Waals surface area (Å²) < 4.78 is 0. The molecule has 0 saturated heterocycles. The number of carboxylic acids is 1. The molecule has 0 radical (unpaired) electrons. The Morgan fingerprint density at radius 3 is 2.96 bits per heavy atom. The average Bonchev–Trinajstić information content (AvgIpc) is 3.25. The molecule has 1 atom stereocenters. The van der Waals surface area contributed by atoms with E-state index in [1.165, 1.54) is 11.2 Å². The summed E-state index contributed by atoms with van der Waals surface area (Å²) in [5, 5.41) is 14.3. The van der Waals surface area contributed by atoms with Gasteiger partial charge in [0.1, 0.15) is 23.0 Å². The van der Waals surface area contributed by atoms with Gasteiger partial charge < -0.3 is 15.4 Å². The predicted molar refractivity (Wildman–Crippen MR) is 105 cm³/mol. The highest BCUT2D eigenvalue weighted by Gasteiger charge is 2.20. The fourth-order valence-corrected chi connectivity index (χ4v) is 4.22. The predicted octanol–water partition coefficient (Wildman–Crippen LogP) is 4.29. The van der Waals surface area contributed by atoms with Crippen molar-refractivity contribution in [1.29, 1.82) is 0 Å². The lowest BCUT2D eigenvalue weighted by atomic mass is 10.0. The number of aromatic nitrogens is 3. The maximum absolute atomic E-state index is 11.3. The van der Waals surface area contributed by atoms with E-state index in [9.17, 15) is 9.90 Å². The molecule has 1 aromatic carbocycles. The summed E-state index contributed by atoms with van der Waals surface area (Å²) in [6.07, 6.45) is 4.27. The normalized spacial score (nSPS) is 12.5. The van der Waals surface area contributed by atoms with Crippen molar-refractivity contribution in [3.05, 3.63) is 41.7 Å². The molecule has 3 heterocycles. The summed E-state index contributed by atoms with van der Waals surface area (Å²) in [6, 6.07) is 7.59. The lowest BCUT2D eigenvalue weighted by molar-refractivity contribution is -0.137. The number of rotatable bonds is 5. The first-order valence-electron chi connectivity index (χ1n) is 8.41. The minimum absolute atomic E-state index is 0.560. The molecular formula is C19H18N4O2S. The number of aliphatic carboxylic acids is 1. The number of thiophene rings is 1. The van der Waals surface area contributed by atoms with Crippen molar-refractivity contribution in [2.45, 2.75) is 26.3 Å². The summed E-state index contributed by atoms with van der Waals surface area (Å²) in [4.78, 5) is 25.3. The fourth-order valence-electron chi connectivity index (χ4n) is 3.12. The van der Waals surface area contributed by atoms with Crippen molar-refractivity contribution in [3.63, 3.8) is 0 Å². The van der Waals surface area contributed by atoms with Gasteiger partial charge in [0, 0.05) is 22.2 Å². The molecule has 0 fully saturated rings. The standard InChI is InChI=1S/C19H18N4O2S/c1-3-14-15(12-4-5-13-11(8-12)6-7-20-13)16-17(23-10(2)19(24)25)21-9-22-18(16)26-14/h4-10,20H,3H2,1-2H3,(H,24,25)(H,21,22,23)/t10-/m1/s1. The maximum atomic E-state index is 11.3. The van der Waals surface area contributed by atoms with Gasteiger partial charge in [-0.2, -0.15) is 0 Å². The number of nitrogens with one attached hydrogen (secondary N) is 2. The van der Waals surface area contributed by atoms with E-state index >= 15 is 0 Å². The Hall–Kier alpha value is -2.93. The third-order valence-corrected chi connectivity index (χ3v) is 5.69. The third kappa shape index (κ3) is 2.70. The molecule has 7 heteroatoms. The summed E-state index contributed by atoms with van der Waals surface area (Å²) >= 11 is 1.63. The molecule has 4 rings (SSSR count). The summed E-state index contributed by atoms with van der Waals surface area (Å²) in [5.41, 5.74) is 3.25.